The Labute approximate surface area is 165 Å². The average molecular weight is 404 g/mol. The number of benzene rings is 2. The van der Waals surface area contributed by atoms with Gasteiger partial charge in [0.25, 0.3) is 5.91 Å². The van der Waals surface area contributed by atoms with E-state index in [1.165, 1.54) is 29.2 Å². The summed E-state index contributed by atoms with van der Waals surface area (Å²) in [6.45, 7) is 4.00. The SMILES string of the molecule is Cc1ccc(CN(C)C(=O)COC(=O)c2cccc(NS(C)(=O)=O)c2)c(C)c1. The third-order valence-corrected chi connectivity index (χ3v) is 4.67. The van der Waals surface area contributed by atoms with Crippen LogP contribution >= 0.6 is 0 Å². The number of esters is 1. The van der Waals surface area contributed by atoms with Crippen LogP contribution in [0.2, 0.25) is 0 Å². The first-order valence-electron chi connectivity index (χ1n) is 8.60. The number of carbonyl (C=O) groups is 2. The molecule has 2 rings (SSSR count). The first-order chi connectivity index (χ1) is 13.0. The van der Waals surface area contributed by atoms with Gasteiger partial charge in [0.2, 0.25) is 10.0 Å². The minimum Gasteiger partial charge on any atom is -0.452 e. The van der Waals surface area contributed by atoms with E-state index in [2.05, 4.69) is 4.72 Å². The molecule has 0 aromatic heterocycles. The van der Waals surface area contributed by atoms with Crippen molar-refractivity contribution < 1.29 is 22.7 Å². The van der Waals surface area contributed by atoms with Crippen molar-refractivity contribution >= 4 is 27.6 Å². The summed E-state index contributed by atoms with van der Waals surface area (Å²) in [6, 6.07) is 11.9. The van der Waals surface area contributed by atoms with Crippen LogP contribution in [0.1, 0.15) is 27.0 Å². The summed E-state index contributed by atoms with van der Waals surface area (Å²) in [5.41, 5.74) is 3.66. The van der Waals surface area contributed by atoms with Crippen LogP contribution in [-0.4, -0.2) is 45.1 Å². The number of anilines is 1. The molecule has 1 N–H and O–H groups in total. The zero-order chi connectivity index (χ0) is 20.9. The Balaban J connectivity index is 1.94. The van der Waals surface area contributed by atoms with E-state index in [1.54, 1.807) is 7.05 Å². The molecular formula is C20H24N2O5S. The highest BCUT2D eigenvalue weighted by Gasteiger charge is 2.15. The van der Waals surface area contributed by atoms with Gasteiger partial charge in [-0.1, -0.05) is 29.8 Å². The fourth-order valence-corrected chi connectivity index (χ4v) is 3.17. The van der Waals surface area contributed by atoms with Crippen LogP contribution in [0, 0.1) is 13.8 Å². The molecule has 0 radical (unpaired) electrons. The van der Waals surface area contributed by atoms with Crippen molar-refractivity contribution in [3.8, 4) is 0 Å². The third-order valence-electron chi connectivity index (χ3n) is 4.06. The van der Waals surface area contributed by atoms with Crippen LogP contribution in [0.5, 0.6) is 0 Å². The maximum absolute atomic E-state index is 12.3. The van der Waals surface area contributed by atoms with Gasteiger partial charge in [-0.15, -0.1) is 0 Å². The number of nitrogens with zero attached hydrogens (tertiary/aromatic N) is 1. The highest BCUT2D eigenvalue weighted by molar-refractivity contribution is 7.92. The Morgan fingerprint density at radius 1 is 1.11 bits per heavy atom. The molecule has 0 bridgehead atoms. The van der Waals surface area contributed by atoms with E-state index in [4.69, 9.17) is 4.74 Å². The number of nitrogens with one attached hydrogen (secondary N) is 1. The Kier molecular flexibility index (Phi) is 6.80. The van der Waals surface area contributed by atoms with Gasteiger partial charge in [-0.2, -0.15) is 0 Å². The lowest BCUT2D eigenvalue weighted by atomic mass is 10.1. The first kappa shape index (κ1) is 21.4. The number of amides is 1. The Morgan fingerprint density at radius 3 is 2.46 bits per heavy atom. The number of ether oxygens (including phenoxy) is 1. The molecule has 7 nitrogen and oxygen atoms in total. The maximum atomic E-state index is 12.3. The van der Waals surface area contributed by atoms with Gasteiger partial charge < -0.3 is 9.64 Å². The second kappa shape index (κ2) is 8.88. The zero-order valence-corrected chi connectivity index (χ0v) is 17.2. The minimum atomic E-state index is -3.46. The van der Waals surface area contributed by atoms with E-state index in [0.717, 1.165) is 22.9 Å². The molecule has 1 amide bonds. The van der Waals surface area contributed by atoms with Crippen molar-refractivity contribution in [2.75, 3.05) is 24.6 Å². The lowest BCUT2D eigenvalue weighted by molar-refractivity contribution is -0.133. The molecule has 0 aliphatic carbocycles. The van der Waals surface area contributed by atoms with Gasteiger partial charge in [0.1, 0.15) is 0 Å². The molecule has 0 saturated heterocycles. The van der Waals surface area contributed by atoms with E-state index in [1.807, 2.05) is 32.0 Å². The molecule has 0 spiro atoms. The topological polar surface area (TPSA) is 92.8 Å². The summed E-state index contributed by atoms with van der Waals surface area (Å²) in [4.78, 5) is 25.9. The third kappa shape index (κ3) is 6.38. The van der Waals surface area contributed by atoms with Crippen molar-refractivity contribution in [3.63, 3.8) is 0 Å². The highest BCUT2D eigenvalue weighted by atomic mass is 32.2. The number of likely N-dealkylation sites (N-methyl/N-ethyl adjacent to an activating group) is 1. The predicted octanol–water partition coefficient (Wildman–Crippen LogP) is 2.49. The van der Waals surface area contributed by atoms with E-state index in [0.29, 0.717) is 6.54 Å². The van der Waals surface area contributed by atoms with Crippen LogP contribution in [0.25, 0.3) is 0 Å². The van der Waals surface area contributed by atoms with Gasteiger partial charge >= 0.3 is 5.97 Å². The van der Waals surface area contributed by atoms with Gasteiger partial charge in [-0.3, -0.25) is 9.52 Å². The second-order valence-corrected chi connectivity index (χ2v) is 8.46. The van der Waals surface area contributed by atoms with E-state index < -0.39 is 22.6 Å². The normalized spacial score (nSPS) is 11.0. The summed E-state index contributed by atoms with van der Waals surface area (Å²) < 4.78 is 29.9. The number of sulfonamides is 1. The number of hydrogen-bond acceptors (Lipinski definition) is 5. The molecule has 0 aliphatic rings. The van der Waals surface area contributed by atoms with Gasteiger partial charge in [0.05, 0.1) is 11.8 Å². The molecule has 0 atom stereocenters. The van der Waals surface area contributed by atoms with E-state index in [-0.39, 0.29) is 17.2 Å². The molecule has 2 aromatic rings. The standard InChI is InChI=1S/C20H24N2O5S/c1-14-8-9-17(15(2)10-14)12-22(3)19(23)13-27-20(24)16-6-5-7-18(11-16)21-28(4,25)26/h5-11,21H,12-13H2,1-4H3. The summed E-state index contributed by atoms with van der Waals surface area (Å²) in [5.74, 6) is -1.04. The predicted molar refractivity (Wildman–Crippen MR) is 108 cm³/mol. The van der Waals surface area contributed by atoms with Crippen molar-refractivity contribution in [2.45, 2.75) is 20.4 Å². The van der Waals surface area contributed by atoms with Crippen LogP contribution in [0.4, 0.5) is 5.69 Å². The molecule has 0 fully saturated rings. The first-order valence-corrected chi connectivity index (χ1v) is 10.5. The van der Waals surface area contributed by atoms with Crippen molar-refractivity contribution in [1.82, 2.24) is 4.90 Å². The minimum absolute atomic E-state index is 0.151. The monoisotopic (exact) mass is 404 g/mol. The summed E-state index contributed by atoms with van der Waals surface area (Å²) in [7, 11) is -1.81. The van der Waals surface area contributed by atoms with Gasteiger partial charge in [-0.05, 0) is 43.2 Å². The molecule has 0 saturated carbocycles. The number of hydrogen-bond donors (Lipinski definition) is 1. The van der Waals surface area contributed by atoms with Crippen LogP contribution in [0.3, 0.4) is 0 Å². The van der Waals surface area contributed by atoms with Gasteiger partial charge in [0.15, 0.2) is 6.61 Å². The van der Waals surface area contributed by atoms with Crippen molar-refractivity contribution in [2.24, 2.45) is 0 Å². The molecule has 2 aromatic carbocycles. The summed E-state index contributed by atoms with van der Waals surface area (Å²) in [5, 5.41) is 0. The number of rotatable bonds is 7. The largest absolute Gasteiger partial charge is 0.452 e. The molecular weight excluding hydrogens is 380 g/mol. The lowest BCUT2D eigenvalue weighted by Crippen LogP contribution is -2.31. The van der Waals surface area contributed by atoms with E-state index in [9.17, 15) is 18.0 Å². The van der Waals surface area contributed by atoms with Crippen molar-refractivity contribution in [3.05, 3.63) is 64.7 Å². The molecule has 0 unspecified atom stereocenters. The number of carbonyl (C=O) groups excluding carboxylic acids is 2. The van der Waals surface area contributed by atoms with Gasteiger partial charge in [-0.25, -0.2) is 13.2 Å². The van der Waals surface area contributed by atoms with Crippen LogP contribution in [-0.2, 0) is 26.1 Å². The average Bonchev–Trinajstić information content (AvgIpc) is 2.60. The second-order valence-electron chi connectivity index (χ2n) is 6.71. The lowest BCUT2D eigenvalue weighted by Gasteiger charge is -2.18. The van der Waals surface area contributed by atoms with Crippen LogP contribution in [0.15, 0.2) is 42.5 Å². The zero-order valence-electron chi connectivity index (χ0n) is 16.4. The van der Waals surface area contributed by atoms with Crippen molar-refractivity contribution in [1.29, 1.82) is 0 Å². The Hall–Kier alpha value is -2.87. The van der Waals surface area contributed by atoms with Gasteiger partial charge in [0, 0.05) is 19.3 Å². The molecule has 0 heterocycles. The fraction of sp³-hybridized carbons (Fsp3) is 0.300. The van der Waals surface area contributed by atoms with Crippen LogP contribution < -0.4 is 4.72 Å². The summed E-state index contributed by atoms with van der Waals surface area (Å²) in [6.07, 6.45) is 1.02. The highest BCUT2D eigenvalue weighted by Crippen LogP contribution is 2.14. The maximum Gasteiger partial charge on any atom is 0.338 e. The van der Waals surface area contributed by atoms with E-state index >= 15 is 0 Å². The Bertz CT molecular complexity index is 986. The number of aryl methyl sites for hydroxylation is 2. The fourth-order valence-electron chi connectivity index (χ4n) is 2.61. The smallest absolute Gasteiger partial charge is 0.338 e. The summed E-state index contributed by atoms with van der Waals surface area (Å²) >= 11 is 0. The molecule has 8 heteroatoms. The molecule has 150 valence electrons. The Morgan fingerprint density at radius 2 is 1.82 bits per heavy atom. The molecule has 28 heavy (non-hydrogen) atoms. The quantitative estimate of drug-likeness (QED) is 0.716. The molecule has 0 aliphatic heterocycles.